The highest BCUT2D eigenvalue weighted by molar-refractivity contribution is 7.96. The fraction of sp³-hybridized carbons (Fsp3) is 0.364. The molecular formula is C33H36FN5O4S. The third-order valence-electron chi connectivity index (χ3n) is 8.10. The third kappa shape index (κ3) is 5.23. The number of hydrogen-bond donors (Lipinski definition) is 0. The maximum absolute atomic E-state index is 14.7. The molecule has 2 amide bonds. The quantitative estimate of drug-likeness (QED) is 0.321. The molecule has 0 spiro atoms. The molecule has 0 saturated carbocycles. The van der Waals surface area contributed by atoms with Crippen molar-refractivity contribution in [2.24, 2.45) is 4.36 Å². The average Bonchev–Trinajstić information content (AvgIpc) is 3.50. The molecule has 2 unspecified atom stereocenters. The summed E-state index contributed by atoms with van der Waals surface area (Å²) in [6.07, 6.45) is 6.97. The summed E-state index contributed by atoms with van der Waals surface area (Å²) in [4.78, 5) is 30.7. The molecule has 3 aliphatic heterocycles. The van der Waals surface area contributed by atoms with Crippen molar-refractivity contribution in [3.63, 3.8) is 0 Å². The molecule has 3 aliphatic rings. The van der Waals surface area contributed by atoms with E-state index in [2.05, 4.69) is 4.36 Å². The van der Waals surface area contributed by atoms with Crippen LogP contribution in [0.3, 0.4) is 0 Å². The van der Waals surface area contributed by atoms with Crippen LogP contribution in [0, 0.1) is 19.7 Å². The number of ether oxygens (including phenoxy) is 1. The summed E-state index contributed by atoms with van der Waals surface area (Å²) in [5.74, 6) is -1.20. The molecule has 2 aromatic carbocycles. The van der Waals surface area contributed by atoms with Crippen LogP contribution in [0.2, 0.25) is 0 Å². The highest BCUT2D eigenvalue weighted by atomic mass is 32.2. The molecule has 9 nitrogen and oxygen atoms in total. The molecule has 11 heteroatoms. The molecule has 0 fully saturated rings. The van der Waals surface area contributed by atoms with Gasteiger partial charge in [-0.3, -0.25) is 9.69 Å². The first-order valence-corrected chi connectivity index (χ1v) is 16.6. The predicted molar refractivity (Wildman–Crippen MR) is 169 cm³/mol. The minimum Gasteiger partial charge on any atom is -0.444 e. The van der Waals surface area contributed by atoms with Crippen LogP contribution in [0.25, 0.3) is 11.8 Å². The summed E-state index contributed by atoms with van der Waals surface area (Å²) < 4.78 is 38.9. The van der Waals surface area contributed by atoms with Crippen molar-refractivity contribution in [2.75, 3.05) is 17.7 Å². The van der Waals surface area contributed by atoms with Crippen molar-refractivity contribution in [1.82, 2.24) is 14.7 Å². The van der Waals surface area contributed by atoms with Crippen LogP contribution in [0.15, 0.2) is 52.4 Å². The van der Waals surface area contributed by atoms with Crippen molar-refractivity contribution in [3.05, 3.63) is 87.5 Å². The first-order chi connectivity index (χ1) is 20.6. The van der Waals surface area contributed by atoms with Gasteiger partial charge >= 0.3 is 6.09 Å². The molecule has 0 saturated heterocycles. The van der Waals surface area contributed by atoms with Gasteiger partial charge in [0.2, 0.25) is 5.91 Å². The third-order valence-corrected chi connectivity index (χ3v) is 9.30. The largest absolute Gasteiger partial charge is 0.444 e. The van der Waals surface area contributed by atoms with Gasteiger partial charge < -0.3 is 9.64 Å². The van der Waals surface area contributed by atoms with Gasteiger partial charge in [-0.05, 0) is 95.2 Å². The van der Waals surface area contributed by atoms with E-state index in [1.54, 1.807) is 76.5 Å². The second-order valence-corrected chi connectivity index (χ2v) is 14.9. The zero-order valence-electron chi connectivity index (χ0n) is 25.9. The van der Waals surface area contributed by atoms with Gasteiger partial charge in [0.05, 0.1) is 38.5 Å². The Balaban J connectivity index is 1.44. The van der Waals surface area contributed by atoms with E-state index in [-0.39, 0.29) is 11.7 Å². The highest BCUT2D eigenvalue weighted by Gasteiger charge is 2.41. The number of rotatable bonds is 3. The van der Waals surface area contributed by atoms with Crippen LogP contribution >= 0.6 is 0 Å². The number of hydrogen-bond acceptors (Lipinski definition) is 6. The maximum Gasteiger partial charge on any atom is 0.410 e. The van der Waals surface area contributed by atoms with Crippen molar-refractivity contribution >= 4 is 39.2 Å². The molecular weight excluding hydrogens is 581 g/mol. The number of aryl methyl sites for hydroxylation is 2. The fourth-order valence-electron chi connectivity index (χ4n) is 6.05. The number of carbonyl (C=O) groups excluding carboxylic acids is 2. The Bertz CT molecular complexity index is 1890. The number of benzene rings is 2. The molecule has 0 aliphatic carbocycles. The molecule has 44 heavy (non-hydrogen) atoms. The Hall–Kier alpha value is -4.25. The molecule has 230 valence electrons. The second-order valence-electron chi connectivity index (χ2n) is 12.7. The molecule has 6 rings (SSSR count). The van der Waals surface area contributed by atoms with Gasteiger partial charge in [0.25, 0.3) is 0 Å². The summed E-state index contributed by atoms with van der Waals surface area (Å²) >= 11 is 0. The van der Waals surface area contributed by atoms with E-state index >= 15 is 0 Å². The summed E-state index contributed by atoms with van der Waals surface area (Å²) in [7, 11) is -2.42. The van der Waals surface area contributed by atoms with Gasteiger partial charge in [-0.25, -0.2) is 18.1 Å². The molecule has 4 heterocycles. The van der Waals surface area contributed by atoms with Gasteiger partial charge in [0.1, 0.15) is 17.3 Å². The lowest BCUT2D eigenvalue weighted by Gasteiger charge is -2.35. The van der Waals surface area contributed by atoms with Gasteiger partial charge in [-0.1, -0.05) is 0 Å². The van der Waals surface area contributed by atoms with Crippen LogP contribution in [0.5, 0.6) is 0 Å². The molecule has 0 bridgehead atoms. The summed E-state index contributed by atoms with van der Waals surface area (Å²) in [6, 6.07) is 8.44. The van der Waals surface area contributed by atoms with Gasteiger partial charge in [-0.15, -0.1) is 0 Å². The number of amides is 2. The Morgan fingerprint density at radius 3 is 2.50 bits per heavy atom. The Labute approximate surface area is 257 Å². The normalized spacial score (nSPS) is 22.6. The van der Waals surface area contributed by atoms with E-state index in [9.17, 15) is 18.2 Å². The van der Waals surface area contributed by atoms with Crippen molar-refractivity contribution in [1.29, 1.82) is 0 Å². The summed E-state index contributed by atoms with van der Waals surface area (Å²) in [5.41, 5.74) is 5.17. The molecule has 3 aromatic rings. The Morgan fingerprint density at radius 1 is 1.11 bits per heavy atom. The van der Waals surface area contributed by atoms with Crippen molar-refractivity contribution < 1.29 is 22.9 Å². The number of nitrogens with zero attached hydrogens (tertiary/aromatic N) is 5. The lowest BCUT2D eigenvalue weighted by atomic mass is 9.91. The van der Waals surface area contributed by atoms with Crippen LogP contribution in [-0.2, 0) is 25.7 Å². The van der Waals surface area contributed by atoms with Gasteiger partial charge in [0.15, 0.2) is 0 Å². The second kappa shape index (κ2) is 10.4. The van der Waals surface area contributed by atoms with E-state index in [1.165, 1.54) is 0 Å². The molecule has 1 aromatic heterocycles. The minimum absolute atomic E-state index is 0.193. The van der Waals surface area contributed by atoms with E-state index in [4.69, 9.17) is 9.84 Å². The number of fused-ring (bicyclic) bond motifs is 2. The molecule has 0 N–H and O–H groups in total. The monoisotopic (exact) mass is 617 g/mol. The Morgan fingerprint density at radius 2 is 1.82 bits per heavy atom. The standard InChI is InChI=1S/C33H36FN5O4S/c1-19-16-24(17-20(2)29(19)34)39-30(28-21(3)37(14-11-27(28)35-39)32(41)43-33(4,5)6)25-10-13-38(31(25)40)23-8-9-26-22(18-23)12-15-44(7,42)36-26/h8-10,12-13,15-18,21,25H,11,14H2,1-7H3/t21-,25?,44?/m0/s1. The van der Waals surface area contributed by atoms with E-state index in [0.29, 0.717) is 46.8 Å². The maximum atomic E-state index is 14.7. The zero-order valence-corrected chi connectivity index (χ0v) is 26.7. The van der Waals surface area contributed by atoms with Crippen LogP contribution < -0.4 is 4.90 Å². The fourth-order valence-corrected chi connectivity index (χ4v) is 7.07. The van der Waals surface area contributed by atoms with Crippen LogP contribution in [0.1, 0.15) is 73.3 Å². The first-order valence-electron chi connectivity index (χ1n) is 14.6. The lowest BCUT2D eigenvalue weighted by Crippen LogP contribution is -2.42. The Kier molecular flexibility index (Phi) is 7.07. The molecule has 3 atom stereocenters. The van der Waals surface area contributed by atoms with E-state index in [0.717, 1.165) is 16.8 Å². The van der Waals surface area contributed by atoms with E-state index in [1.807, 2.05) is 39.8 Å². The number of halogens is 1. The lowest BCUT2D eigenvalue weighted by molar-refractivity contribution is -0.118. The highest BCUT2D eigenvalue weighted by Crippen LogP contribution is 2.42. The number of carbonyl (C=O) groups is 2. The van der Waals surface area contributed by atoms with Crippen molar-refractivity contribution in [3.8, 4) is 5.69 Å². The SMILES string of the molecule is Cc1cc(-n2nc3c(c2C2C=CN(c4ccc5c(c4)C=CS(C)(=O)=N5)C2=O)[C@H](C)N(C(=O)OC(C)(C)C)CC3)cc(C)c1F. The van der Waals surface area contributed by atoms with E-state index < -0.39 is 33.4 Å². The predicted octanol–water partition coefficient (Wildman–Crippen LogP) is 6.84. The van der Waals surface area contributed by atoms with Gasteiger partial charge in [0, 0.05) is 47.6 Å². The van der Waals surface area contributed by atoms with Gasteiger partial charge in [-0.2, -0.15) is 9.46 Å². The first kappa shape index (κ1) is 29.8. The smallest absolute Gasteiger partial charge is 0.410 e. The number of anilines is 1. The zero-order chi connectivity index (χ0) is 31.7. The summed E-state index contributed by atoms with van der Waals surface area (Å²) in [5, 5.41) is 6.54. The number of aromatic nitrogens is 2. The van der Waals surface area contributed by atoms with Crippen LogP contribution in [0.4, 0.5) is 20.6 Å². The average molecular weight is 618 g/mol. The minimum atomic E-state index is -2.42. The van der Waals surface area contributed by atoms with Crippen molar-refractivity contribution in [2.45, 2.75) is 65.5 Å². The molecule has 0 radical (unpaired) electrons. The summed E-state index contributed by atoms with van der Waals surface area (Å²) in [6.45, 7) is 11.2. The van der Waals surface area contributed by atoms with Crippen LogP contribution in [-0.4, -0.2) is 49.3 Å². The topological polar surface area (TPSA) is 97.1 Å².